The number of hydrogen-bond acceptors (Lipinski definition) is 5. The van der Waals surface area contributed by atoms with Crippen LogP contribution in [0, 0.1) is 0 Å². The maximum Gasteiger partial charge on any atom is 0.366 e. The number of carbonyl (C=O) groups is 1. The minimum absolute atomic E-state index is 0.0927. The van der Waals surface area contributed by atoms with Gasteiger partial charge in [-0.05, 0) is 47.1 Å². The Balaban J connectivity index is 2.59. The van der Waals surface area contributed by atoms with Gasteiger partial charge in [-0.2, -0.15) is 5.10 Å². The average Bonchev–Trinajstić information content (AvgIpc) is 2.36. The molecule has 0 fully saturated rings. The largest absolute Gasteiger partial charge is 0.497 e. The Morgan fingerprint density at radius 3 is 2.59 bits per heavy atom. The predicted molar refractivity (Wildman–Crippen MR) is 69.6 cm³/mol. The fraction of sp³-hybridized carbons (Fsp3) is 0.273. The molecule has 0 saturated heterocycles. The number of esters is 1. The number of benzene rings is 1. The molecule has 0 bridgehead atoms. The van der Waals surface area contributed by atoms with E-state index < -0.39 is 5.97 Å². The van der Waals surface area contributed by atoms with Crippen LogP contribution in [-0.4, -0.2) is 24.3 Å². The lowest BCUT2D eigenvalue weighted by molar-refractivity contribution is -0.134. The van der Waals surface area contributed by atoms with Crippen molar-refractivity contribution >= 4 is 32.2 Å². The van der Waals surface area contributed by atoms with Crippen molar-refractivity contribution in [1.82, 2.24) is 0 Å². The molecule has 0 aliphatic rings. The summed E-state index contributed by atoms with van der Waals surface area (Å²) < 4.78 is 9.86. The summed E-state index contributed by atoms with van der Waals surface area (Å²) >= 11 is 3.02. The molecule has 0 aliphatic heterocycles. The molecule has 1 rings (SSSR count). The minimum atomic E-state index is -0.506. The van der Waals surface area contributed by atoms with Gasteiger partial charge in [-0.25, -0.2) is 4.79 Å². The highest BCUT2D eigenvalue weighted by atomic mass is 79.9. The van der Waals surface area contributed by atoms with Gasteiger partial charge >= 0.3 is 5.97 Å². The highest BCUT2D eigenvalue weighted by Gasteiger charge is 2.07. The van der Waals surface area contributed by atoms with Crippen molar-refractivity contribution in [3.63, 3.8) is 0 Å². The Morgan fingerprint density at radius 2 is 2.06 bits per heavy atom. The summed E-state index contributed by atoms with van der Waals surface area (Å²) in [7, 11) is 1.60. The minimum Gasteiger partial charge on any atom is -0.497 e. The molecule has 0 aromatic heterocycles. The number of rotatable bonds is 5. The van der Waals surface area contributed by atoms with E-state index in [9.17, 15) is 4.79 Å². The number of nitrogens with one attached hydrogen (secondary N) is 1. The number of halogens is 1. The molecule has 0 heterocycles. The summed E-state index contributed by atoms with van der Waals surface area (Å²) in [6.07, 6.45) is 0. The van der Waals surface area contributed by atoms with Crippen LogP contribution in [0.5, 0.6) is 5.75 Å². The van der Waals surface area contributed by atoms with Crippen LogP contribution in [0.1, 0.15) is 6.92 Å². The van der Waals surface area contributed by atoms with Crippen molar-refractivity contribution < 1.29 is 14.3 Å². The molecule has 92 valence electrons. The number of hydrogen-bond donors (Lipinski definition) is 1. The summed E-state index contributed by atoms with van der Waals surface area (Å²) in [5.41, 5.74) is 3.46. The van der Waals surface area contributed by atoms with E-state index >= 15 is 0 Å². The predicted octanol–water partition coefficient (Wildman–Crippen LogP) is 2.38. The van der Waals surface area contributed by atoms with Crippen LogP contribution < -0.4 is 10.2 Å². The molecule has 0 unspecified atom stereocenters. The Labute approximate surface area is 108 Å². The number of anilines is 1. The lowest BCUT2D eigenvalue weighted by atomic mass is 10.3. The van der Waals surface area contributed by atoms with E-state index in [-0.39, 0.29) is 4.62 Å². The van der Waals surface area contributed by atoms with Crippen LogP contribution in [0.4, 0.5) is 5.69 Å². The molecular weight excluding hydrogens is 288 g/mol. The zero-order chi connectivity index (χ0) is 12.7. The fourth-order valence-corrected chi connectivity index (χ4v) is 1.22. The van der Waals surface area contributed by atoms with E-state index in [4.69, 9.17) is 9.47 Å². The molecule has 1 N–H and O–H groups in total. The van der Waals surface area contributed by atoms with E-state index in [0.29, 0.717) is 6.61 Å². The summed E-state index contributed by atoms with van der Waals surface area (Å²) in [6.45, 7) is 2.04. The zero-order valence-corrected chi connectivity index (χ0v) is 11.2. The molecule has 5 nitrogen and oxygen atoms in total. The monoisotopic (exact) mass is 300 g/mol. The maximum atomic E-state index is 11.2. The second-order valence-electron chi connectivity index (χ2n) is 2.96. The molecule has 6 heteroatoms. The number of hydrazone groups is 1. The lowest BCUT2D eigenvalue weighted by Gasteiger charge is -2.03. The average molecular weight is 301 g/mol. The first-order valence-corrected chi connectivity index (χ1v) is 5.77. The Kier molecular flexibility index (Phi) is 5.48. The van der Waals surface area contributed by atoms with Gasteiger partial charge in [-0.1, -0.05) is 0 Å². The Morgan fingerprint density at radius 1 is 1.41 bits per heavy atom. The van der Waals surface area contributed by atoms with Crippen molar-refractivity contribution in [1.29, 1.82) is 0 Å². The fourth-order valence-electron chi connectivity index (χ4n) is 1.02. The van der Waals surface area contributed by atoms with Gasteiger partial charge in [0, 0.05) is 0 Å². The van der Waals surface area contributed by atoms with Gasteiger partial charge in [-0.15, -0.1) is 0 Å². The molecular formula is C11H13BrN2O3. The van der Waals surface area contributed by atoms with E-state index in [0.717, 1.165) is 11.4 Å². The van der Waals surface area contributed by atoms with Gasteiger partial charge in [0.2, 0.25) is 4.62 Å². The molecule has 1 aromatic carbocycles. The van der Waals surface area contributed by atoms with Gasteiger partial charge in [0.25, 0.3) is 0 Å². The normalized spacial score (nSPS) is 10.9. The maximum absolute atomic E-state index is 11.2. The van der Waals surface area contributed by atoms with Crippen LogP contribution >= 0.6 is 15.9 Å². The molecule has 0 saturated carbocycles. The second kappa shape index (κ2) is 6.90. The zero-order valence-electron chi connectivity index (χ0n) is 9.57. The van der Waals surface area contributed by atoms with Crippen molar-refractivity contribution in [3.8, 4) is 5.75 Å². The van der Waals surface area contributed by atoms with Crippen LogP contribution in [0.15, 0.2) is 29.4 Å². The molecule has 0 amide bonds. The van der Waals surface area contributed by atoms with Gasteiger partial charge < -0.3 is 9.47 Å². The first-order chi connectivity index (χ1) is 8.17. The van der Waals surface area contributed by atoms with Crippen molar-refractivity contribution in [2.24, 2.45) is 5.10 Å². The SMILES string of the molecule is CCOC(=O)/C(Br)=N/Nc1ccc(OC)cc1. The molecule has 17 heavy (non-hydrogen) atoms. The van der Waals surface area contributed by atoms with Crippen LogP contribution in [0.3, 0.4) is 0 Å². The third kappa shape index (κ3) is 4.44. The number of ether oxygens (including phenoxy) is 2. The van der Waals surface area contributed by atoms with Crippen molar-refractivity contribution in [2.45, 2.75) is 6.92 Å². The summed E-state index contributed by atoms with van der Waals surface area (Å²) in [4.78, 5) is 11.2. The quantitative estimate of drug-likeness (QED) is 0.515. The smallest absolute Gasteiger partial charge is 0.366 e. The van der Waals surface area contributed by atoms with Gasteiger partial charge in [-0.3, -0.25) is 5.43 Å². The Bertz CT molecular complexity index is 404. The molecule has 0 spiro atoms. The van der Waals surface area contributed by atoms with E-state index in [1.165, 1.54) is 0 Å². The first kappa shape index (κ1) is 13.5. The molecule has 0 radical (unpaired) electrons. The molecule has 0 atom stereocenters. The first-order valence-electron chi connectivity index (χ1n) is 4.97. The molecule has 1 aromatic rings. The summed E-state index contributed by atoms with van der Waals surface area (Å²) in [5.74, 6) is 0.248. The van der Waals surface area contributed by atoms with Gasteiger partial charge in [0.1, 0.15) is 5.75 Å². The van der Waals surface area contributed by atoms with Crippen molar-refractivity contribution in [3.05, 3.63) is 24.3 Å². The standard InChI is InChI=1S/C11H13BrN2O3/c1-3-17-11(15)10(12)14-13-8-4-6-9(16-2)7-5-8/h4-7,13H,3H2,1-2H3/b14-10-. The van der Waals surface area contributed by atoms with Gasteiger partial charge in [0.05, 0.1) is 19.4 Å². The third-order valence-electron chi connectivity index (χ3n) is 1.82. The topological polar surface area (TPSA) is 59.9 Å². The van der Waals surface area contributed by atoms with Crippen LogP contribution in [0.2, 0.25) is 0 Å². The number of nitrogens with zero attached hydrogens (tertiary/aromatic N) is 1. The summed E-state index contributed by atoms with van der Waals surface area (Å²) in [6, 6.07) is 7.15. The number of carbonyl (C=O) groups excluding carboxylic acids is 1. The third-order valence-corrected chi connectivity index (χ3v) is 2.32. The second-order valence-corrected chi connectivity index (χ2v) is 3.71. The summed E-state index contributed by atoms with van der Waals surface area (Å²) in [5, 5.41) is 3.84. The highest BCUT2D eigenvalue weighted by molar-refractivity contribution is 9.19. The highest BCUT2D eigenvalue weighted by Crippen LogP contribution is 2.15. The van der Waals surface area contributed by atoms with Gasteiger partial charge in [0.15, 0.2) is 0 Å². The van der Waals surface area contributed by atoms with E-state index in [1.54, 1.807) is 38.3 Å². The lowest BCUT2D eigenvalue weighted by Crippen LogP contribution is -2.12. The van der Waals surface area contributed by atoms with Crippen molar-refractivity contribution in [2.75, 3.05) is 19.1 Å². The van der Waals surface area contributed by atoms with E-state index in [1.807, 2.05) is 0 Å². The van der Waals surface area contributed by atoms with E-state index in [2.05, 4.69) is 26.5 Å². The Hall–Kier alpha value is -1.56. The van der Waals surface area contributed by atoms with Crippen LogP contribution in [-0.2, 0) is 9.53 Å². The van der Waals surface area contributed by atoms with Crippen LogP contribution in [0.25, 0.3) is 0 Å². The molecule has 0 aliphatic carbocycles. The number of methoxy groups -OCH3 is 1.